The fourth-order valence-electron chi connectivity index (χ4n) is 3.72. The zero-order valence-electron chi connectivity index (χ0n) is 19.3. The van der Waals surface area contributed by atoms with E-state index < -0.39 is 11.7 Å². The van der Waals surface area contributed by atoms with Gasteiger partial charge in [-0.05, 0) is 59.9 Å². The summed E-state index contributed by atoms with van der Waals surface area (Å²) in [5.41, 5.74) is 3.76. The minimum Gasteiger partial charge on any atom is -0.490 e. The lowest BCUT2D eigenvalue weighted by Crippen LogP contribution is -2.14. The summed E-state index contributed by atoms with van der Waals surface area (Å²) in [5, 5.41) is 8.14. The molecule has 1 saturated heterocycles. The molecule has 1 aliphatic rings. The lowest BCUT2D eigenvalue weighted by atomic mass is 10.0. The number of halogens is 3. The average molecular weight is 501 g/mol. The van der Waals surface area contributed by atoms with Gasteiger partial charge in [-0.25, -0.2) is 0 Å². The molecule has 1 unspecified atom stereocenters. The van der Waals surface area contributed by atoms with Gasteiger partial charge in [-0.1, -0.05) is 53.7 Å². The maximum Gasteiger partial charge on any atom is 0.416 e. The van der Waals surface area contributed by atoms with Gasteiger partial charge in [0, 0.05) is 17.7 Å². The third-order valence-electron chi connectivity index (χ3n) is 5.67. The predicted molar refractivity (Wildman–Crippen MR) is 135 cm³/mol. The molecule has 1 fully saturated rings. The Bertz CT molecular complexity index is 1110. The highest BCUT2D eigenvalue weighted by Gasteiger charge is 2.29. The van der Waals surface area contributed by atoms with E-state index in [4.69, 9.17) is 9.57 Å². The minimum atomic E-state index is -4.34. The number of nitrogens with one attached hydrogen (secondary N) is 1. The van der Waals surface area contributed by atoms with Gasteiger partial charge in [0.15, 0.2) is 6.61 Å². The van der Waals surface area contributed by atoms with E-state index in [1.54, 1.807) is 0 Å². The third-order valence-corrected chi connectivity index (χ3v) is 6.85. The van der Waals surface area contributed by atoms with Crippen molar-refractivity contribution in [3.63, 3.8) is 0 Å². The molecule has 3 aromatic rings. The van der Waals surface area contributed by atoms with Crippen LogP contribution in [0.2, 0.25) is 0 Å². The zero-order valence-corrected chi connectivity index (χ0v) is 20.2. The van der Waals surface area contributed by atoms with Gasteiger partial charge in [0.2, 0.25) is 0 Å². The Hall–Kier alpha value is -2.97. The first-order valence-corrected chi connectivity index (χ1v) is 12.4. The summed E-state index contributed by atoms with van der Waals surface area (Å²) in [6.07, 6.45) is -3.28. The maximum atomic E-state index is 12.7. The SMILES string of the molecule is CC(=NOCCOc1ccc(CC2CNCS2)cc1)c1ccc(-c2ccc(C(F)(F)F)cc2)cc1. The van der Waals surface area contributed by atoms with Crippen molar-refractivity contribution in [1.82, 2.24) is 5.32 Å². The molecular weight excluding hydrogens is 473 g/mol. The summed E-state index contributed by atoms with van der Waals surface area (Å²) in [4.78, 5) is 5.39. The Kier molecular flexibility index (Phi) is 8.36. The van der Waals surface area contributed by atoms with Crippen molar-refractivity contribution in [2.75, 3.05) is 25.6 Å². The van der Waals surface area contributed by atoms with E-state index in [0.717, 1.165) is 53.4 Å². The van der Waals surface area contributed by atoms with Crippen molar-refractivity contribution in [3.05, 3.63) is 89.5 Å². The minimum absolute atomic E-state index is 0.313. The van der Waals surface area contributed by atoms with Gasteiger partial charge >= 0.3 is 6.18 Å². The highest BCUT2D eigenvalue weighted by Crippen LogP contribution is 2.31. The Balaban J connectivity index is 1.22. The molecule has 1 aliphatic heterocycles. The Morgan fingerprint density at radius 2 is 1.60 bits per heavy atom. The van der Waals surface area contributed by atoms with Crippen LogP contribution in [-0.4, -0.2) is 36.6 Å². The molecule has 0 aliphatic carbocycles. The lowest BCUT2D eigenvalue weighted by molar-refractivity contribution is -0.137. The van der Waals surface area contributed by atoms with Crippen molar-refractivity contribution < 1.29 is 22.7 Å². The smallest absolute Gasteiger partial charge is 0.416 e. The normalized spacial score (nSPS) is 16.3. The molecule has 0 radical (unpaired) electrons. The summed E-state index contributed by atoms with van der Waals surface area (Å²) in [5.74, 6) is 1.83. The van der Waals surface area contributed by atoms with Crippen molar-refractivity contribution >= 4 is 17.5 Å². The van der Waals surface area contributed by atoms with Crippen LogP contribution in [0.5, 0.6) is 5.75 Å². The molecule has 1 atom stereocenters. The van der Waals surface area contributed by atoms with Gasteiger partial charge in [-0.3, -0.25) is 0 Å². The average Bonchev–Trinajstić information content (AvgIpc) is 3.37. The van der Waals surface area contributed by atoms with Gasteiger partial charge in [0.25, 0.3) is 0 Å². The van der Waals surface area contributed by atoms with Crippen LogP contribution in [-0.2, 0) is 17.4 Å². The molecule has 4 nitrogen and oxygen atoms in total. The predicted octanol–water partition coefficient (Wildman–Crippen LogP) is 6.40. The first kappa shape index (κ1) is 25.1. The van der Waals surface area contributed by atoms with Crippen LogP contribution < -0.4 is 10.1 Å². The number of nitrogens with zero attached hydrogens (tertiary/aromatic N) is 1. The highest BCUT2D eigenvalue weighted by atomic mass is 32.2. The molecule has 184 valence electrons. The van der Waals surface area contributed by atoms with Gasteiger partial charge in [-0.15, -0.1) is 11.8 Å². The Labute approximate surface area is 207 Å². The van der Waals surface area contributed by atoms with Crippen LogP contribution in [0.4, 0.5) is 13.2 Å². The number of ether oxygens (including phenoxy) is 1. The summed E-state index contributed by atoms with van der Waals surface area (Å²) in [7, 11) is 0. The van der Waals surface area contributed by atoms with Crippen LogP contribution in [0.1, 0.15) is 23.6 Å². The molecule has 0 spiro atoms. The number of hydrogen-bond acceptors (Lipinski definition) is 5. The lowest BCUT2D eigenvalue weighted by Gasteiger charge is -2.10. The molecule has 0 bridgehead atoms. The molecule has 0 aromatic heterocycles. The number of alkyl halides is 3. The van der Waals surface area contributed by atoms with Crippen LogP contribution in [0.15, 0.2) is 78.0 Å². The quantitative estimate of drug-likeness (QED) is 0.210. The summed E-state index contributed by atoms with van der Waals surface area (Å²) in [6, 6.07) is 20.7. The Morgan fingerprint density at radius 3 is 2.20 bits per heavy atom. The maximum absolute atomic E-state index is 12.7. The van der Waals surface area contributed by atoms with E-state index in [1.165, 1.54) is 17.7 Å². The number of hydrogen-bond donors (Lipinski definition) is 1. The van der Waals surface area contributed by atoms with Crippen molar-refractivity contribution in [3.8, 4) is 16.9 Å². The van der Waals surface area contributed by atoms with Gasteiger partial charge in [0.05, 0.1) is 11.3 Å². The first-order chi connectivity index (χ1) is 16.9. The number of rotatable bonds is 9. The molecule has 0 amide bonds. The zero-order chi connectivity index (χ0) is 24.7. The van der Waals surface area contributed by atoms with Crippen LogP contribution >= 0.6 is 11.8 Å². The Morgan fingerprint density at radius 1 is 0.943 bits per heavy atom. The summed E-state index contributed by atoms with van der Waals surface area (Å²) < 4.78 is 44.0. The highest BCUT2D eigenvalue weighted by molar-refractivity contribution is 8.00. The molecular formula is C27H27F3N2O2S. The van der Waals surface area contributed by atoms with Crippen molar-refractivity contribution in [1.29, 1.82) is 0 Å². The molecule has 4 rings (SSSR count). The molecule has 35 heavy (non-hydrogen) atoms. The van der Waals surface area contributed by atoms with Gasteiger partial charge in [-0.2, -0.15) is 13.2 Å². The molecule has 0 saturated carbocycles. The second-order valence-electron chi connectivity index (χ2n) is 8.25. The van der Waals surface area contributed by atoms with E-state index in [9.17, 15) is 13.2 Å². The monoisotopic (exact) mass is 500 g/mol. The molecule has 1 N–H and O–H groups in total. The van der Waals surface area contributed by atoms with Crippen LogP contribution in [0.25, 0.3) is 11.1 Å². The van der Waals surface area contributed by atoms with Crippen LogP contribution in [0, 0.1) is 0 Å². The van der Waals surface area contributed by atoms with E-state index in [2.05, 4.69) is 22.6 Å². The summed E-state index contributed by atoms with van der Waals surface area (Å²) >= 11 is 1.96. The van der Waals surface area contributed by atoms with E-state index in [0.29, 0.717) is 24.2 Å². The molecule has 3 aromatic carbocycles. The van der Waals surface area contributed by atoms with Crippen molar-refractivity contribution in [2.45, 2.75) is 24.8 Å². The standard InChI is InChI=1S/C27H27F3N2O2S/c1-19(21-4-6-22(7-5-21)23-8-10-24(11-9-23)27(28,29)30)32-34-15-14-33-25-12-2-20(3-13-25)16-26-17-31-18-35-26/h2-13,26,31H,14-18H2,1H3. The second kappa shape index (κ2) is 11.6. The number of oxime groups is 1. The fraction of sp³-hybridized carbons (Fsp3) is 0.296. The van der Waals surface area contributed by atoms with E-state index in [-0.39, 0.29) is 0 Å². The van der Waals surface area contributed by atoms with Crippen molar-refractivity contribution in [2.24, 2.45) is 5.16 Å². The third kappa shape index (κ3) is 7.26. The largest absolute Gasteiger partial charge is 0.490 e. The topological polar surface area (TPSA) is 42.9 Å². The van der Waals surface area contributed by atoms with Gasteiger partial charge < -0.3 is 14.9 Å². The molecule has 8 heteroatoms. The number of benzene rings is 3. The van der Waals surface area contributed by atoms with E-state index >= 15 is 0 Å². The van der Waals surface area contributed by atoms with Gasteiger partial charge in [0.1, 0.15) is 12.4 Å². The first-order valence-electron chi connectivity index (χ1n) is 11.4. The fourth-order valence-corrected chi connectivity index (χ4v) is 4.74. The molecule has 1 heterocycles. The van der Waals surface area contributed by atoms with Crippen LogP contribution in [0.3, 0.4) is 0 Å². The summed E-state index contributed by atoms with van der Waals surface area (Å²) in [6.45, 7) is 3.59. The second-order valence-corrected chi connectivity index (χ2v) is 9.53. The number of thioether (sulfide) groups is 1. The van der Waals surface area contributed by atoms with E-state index in [1.807, 2.05) is 55.1 Å².